The maximum absolute atomic E-state index is 5.47. The summed E-state index contributed by atoms with van der Waals surface area (Å²) >= 11 is 0. The standard InChI is InChI=1S/C10H25N3/c1-10(2,3)7-6-9(12-11)8-13(4)5/h9,12H,6-8,11H2,1-5H3. The minimum Gasteiger partial charge on any atom is -0.308 e. The van der Waals surface area contributed by atoms with E-state index in [-0.39, 0.29) is 0 Å². The van der Waals surface area contributed by atoms with Crippen LogP contribution in [0.25, 0.3) is 0 Å². The summed E-state index contributed by atoms with van der Waals surface area (Å²) in [5.74, 6) is 5.47. The first kappa shape index (κ1) is 12.9. The largest absolute Gasteiger partial charge is 0.308 e. The molecule has 0 aromatic heterocycles. The van der Waals surface area contributed by atoms with Crippen LogP contribution in [-0.2, 0) is 0 Å². The van der Waals surface area contributed by atoms with Crippen molar-refractivity contribution in [1.29, 1.82) is 0 Å². The Morgan fingerprint density at radius 3 is 2.15 bits per heavy atom. The molecule has 0 heterocycles. The van der Waals surface area contributed by atoms with Gasteiger partial charge < -0.3 is 4.90 Å². The number of nitrogens with two attached hydrogens (primary N) is 1. The normalized spacial score (nSPS) is 15.0. The van der Waals surface area contributed by atoms with Crippen molar-refractivity contribution in [3.63, 3.8) is 0 Å². The highest BCUT2D eigenvalue weighted by atomic mass is 15.3. The van der Waals surface area contributed by atoms with Crippen LogP contribution in [0.1, 0.15) is 33.6 Å². The van der Waals surface area contributed by atoms with Gasteiger partial charge in [-0.15, -0.1) is 0 Å². The van der Waals surface area contributed by atoms with Crippen molar-refractivity contribution in [2.75, 3.05) is 20.6 Å². The predicted octanol–water partition coefficient (Wildman–Crippen LogP) is 1.21. The van der Waals surface area contributed by atoms with Gasteiger partial charge >= 0.3 is 0 Å². The molecule has 3 heteroatoms. The molecule has 0 aliphatic rings. The third-order valence-corrected chi connectivity index (χ3v) is 2.06. The van der Waals surface area contributed by atoms with E-state index in [9.17, 15) is 0 Å². The van der Waals surface area contributed by atoms with Crippen LogP contribution in [0.2, 0.25) is 0 Å². The lowest BCUT2D eigenvalue weighted by atomic mass is 9.89. The second-order valence-corrected chi connectivity index (χ2v) is 5.23. The van der Waals surface area contributed by atoms with Crippen LogP contribution in [0, 0.1) is 5.41 Å². The highest BCUT2D eigenvalue weighted by Gasteiger charge is 2.14. The van der Waals surface area contributed by atoms with Crippen LogP contribution in [0.5, 0.6) is 0 Å². The van der Waals surface area contributed by atoms with E-state index in [4.69, 9.17) is 5.84 Å². The summed E-state index contributed by atoms with van der Waals surface area (Å²) in [6.45, 7) is 7.79. The molecule has 0 spiro atoms. The lowest BCUT2D eigenvalue weighted by molar-refractivity contribution is 0.284. The van der Waals surface area contributed by atoms with Gasteiger partial charge in [0.25, 0.3) is 0 Å². The summed E-state index contributed by atoms with van der Waals surface area (Å²) < 4.78 is 0. The van der Waals surface area contributed by atoms with E-state index in [2.05, 4.69) is 45.2 Å². The number of hydrogen-bond donors (Lipinski definition) is 2. The van der Waals surface area contributed by atoms with E-state index in [1.54, 1.807) is 0 Å². The first-order valence-corrected chi connectivity index (χ1v) is 4.96. The van der Waals surface area contributed by atoms with E-state index in [0.29, 0.717) is 11.5 Å². The molecule has 3 nitrogen and oxygen atoms in total. The number of nitrogens with one attached hydrogen (secondary N) is 1. The SMILES string of the molecule is CN(C)CC(CCC(C)(C)C)NN. The first-order chi connectivity index (χ1) is 5.85. The van der Waals surface area contributed by atoms with Crippen LogP contribution in [0.15, 0.2) is 0 Å². The van der Waals surface area contributed by atoms with Crippen LogP contribution in [0.3, 0.4) is 0 Å². The summed E-state index contributed by atoms with van der Waals surface area (Å²) in [4.78, 5) is 2.16. The number of likely N-dealkylation sites (N-methyl/N-ethyl adjacent to an activating group) is 1. The average Bonchev–Trinajstić information content (AvgIpc) is 1.95. The number of hydrazine groups is 1. The maximum Gasteiger partial charge on any atom is 0.0337 e. The molecular weight excluding hydrogens is 162 g/mol. The van der Waals surface area contributed by atoms with Gasteiger partial charge in [-0.25, -0.2) is 0 Å². The van der Waals surface area contributed by atoms with Gasteiger partial charge in [0, 0.05) is 12.6 Å². The van der Waals surface area contributed by atoms with E-state index >= 15 is 0 Å². The fourth-order valence-corrected chi connectivity index (χ4v) is 1.28. The van der Waals surface area contributed by atoms with Crippen LogP contribution in [-0.4, -0.2) is 31.6 Å². The van der Waals surface area contributed by atoms with Crippen molar-refractivity contribution in [2.24, 2.45) is 11.3 Å². The summed E-state index contributed by atoms with van der Waals surface area (Å²) in [7, 11) is 4.14. The third kappa shape index (κ3) is 8.22. The van der Waals surface area contributed by atoms with Crippen LogP contribution < -0.4 is 11.3 Å². The Balaban J connectivity index is 3.72. The highest BCUT2D eigenvalue weighted by Crippen LogP contribution is 2.21. The molecule has 0 saturated heterocycles. The van der Waals surface area contributed by atoms with Crippen molar-refractivity contribution >= 4 is 0 Å². The molecule has 0 aliphatic heterocycles. The summed E-state index contributed by atoms with van der Waals surface area (Å²) in [6.07, 6.45) is 2.34. The van der Waals surface area contributed by atoms with Gasteiger partial charge in [0.1, 0.15) is 0 Å². The lowest BCUT2D eigenvalue weighted by Crippen LogP contribution is -2.42. The molecule has 0 fully saturated rings. The molecule has 80 valence electrons. The Bertz CT molecular complexity index is 127. The molecular formula is C10H25N3. The third-order valence-electron chi connectivity index (χ3n) is 2.06. The Morgan fingerprint density at radius 2 is 1.85 bits per heavy atom. The Kier molecular flexibility index (Phi) is 5.53. The zero-order chi connectivity index (χ0) is 10.5. The van der Waals surface area contributed by atoms with Crippen molar-refractivity contribution in [2.45, 2.75) is 39.7 Å². The molecule has 0 amide bonds. The molecule has 0 bridgehead atoms. The van der Waals surface area contributed by atoms with Crippen molar-refractivity contribution in [3.8, 4) is 0 Å². The minimum absolute atomic E-state index is 0.404. The van der Waals surface area contributed by atoms with E-state index in [0.717, 1.165) is 13.0 Å². The monoisotopic (exact) mass is 187 g/mol. The summed E-state index contributed by atoms with van der Waals surface area (Å²) in [5.41, 5.74) is 3.27. The molecule has 0 saturated carbocycles. The fourth-order valence-electron chi connectivity index (χ4n) is 1.28. The molecule has 0 aromatic rings. The molecule has 0 aliphatic carbocycles. The van der Waals surface area contributed by atoms with Crippen molar-refractivity contribution in [1.82, 2.24) is 10.3 Å². The zero-order valence-electron chi connectivity index (χ0n) is 9.72. The molecule has 0 radical (unpaired) electrons. The predicted molar refractivity (Wildman–Crippen MR) is 58.4 cm³/mol. The van der Waals surface area contributed by atoms with E-state index < -0.39 is 0 Å². The maximum atomic E-state index is 5.47. The molecule has 1 atom stereocenters. The smallest absolute Gasteiger partial charge is 0.0337 e. The van der Waals surface area contributed by atoms with E-state index in [1.165, 1.54) is 6.42 Å². The second-order valence-electron chi connectivity index (χ2n) is 5.23. The van der Waals surface area contributed by atoms with Crippen LogP contribution in [0.4, 0.5) is 0 Å². The number of nitrogens with zero attached hydrogens (tertiary/aromatic N) is 1. The zero-order valence-corrected chi connectivity index (χ0v) is 9.72. The number of rotatable bonds is 5. The van der Waals surface area contributed by atoms with Gasteiger partial charge in [0.2, 0.25) is 0 Å². The quantitative estimate of drug-likeness (QED) is 0.502. The average molecular weight is 187 g/mol. The van der Waals surface area contributed by atoms with Gasteiger partial charge in [-0.05, 0) is 32.4 Å². The molecule has 0 rings (SSSR count). The van der Waals surface area contributed by atoms with Gasteiger partial charge in [0.05, 0.1) is 0 Å². The minimum atomic E-state index is 0.404. The van der Waals surface area contributed by atoms with Crippen molar-refractivity contribution in [3.05, 3.63) is 0 Å². The summed E-state index contributed by atoms with van der Waals surface area (Å²) in [6, 6.07) is 0.411. The molecule has 0 aromatic carbocycles. The topological polar surface area (TPSA) is 41.3 Å². The summed E-state index contributed by atoms with van der Waals surface area (Å²) in [5, 5.41) is 0. The fraction of sp³-hybridized carbons (Fsp3) is 1.00. The van der Waals surface area contributed by atoms with E-state index in [1.807, 2.05) is 0 Å². The van der Waals surface area contributed by atoms with Gasteiger partial charge in [-0.1, -0.05) is 20.8 Å². The lowest BCUT2D eigenvalue weighted by Gasteiger charge is -2.24. The molecule has 1 unspecified atom stereocenters. The Labute approximate surface area is 82.6 Å². The highest BCUT2D eigenvalue weighted by molar-refractivity contribution is 4.71. The Morgan fingerprint density at radius 1 is 1.31 bits per heavy atom. The second kappa shape index (κ2) is 5.58. The van der Waals surface area contributed by atoms with Gasteiger partial charge in [-0.3, -0.25) is 11.3 Å². The van der Waals surface area contributed by atoms with Crippen LogP contribution >= 0.6 is 0 Å². The Hall–Kier alpha value is -0.120. The molecule has 13 heavy (non-hydrogen) atoms. The van der Waals surface area contributed by atoms with Gasteiger partial charge in [-0.2, -0.15) is 0 Å². The van der Waals surface area contributed by atoms with Crippen molar-refractivity contribution < 1.29 is 0 Å². The van der Waals surface area contributed by atoms with Gasteiger partial charge in [0.15, 0.2) is 0 Å². The first-order valence-electron chi connectivity index (χ1n) is 4.96. The molecule has 3 N–H and O–H groups in total. The number of hydrogen-bond acceptors (Lipinski definition) is 3.